The Morgan fingerprint density at radius 3 is 2.84 bits per heavy atom. The van der Waals surface area contributed by atoms with Crippen molar-refractivity contribution in [3.05, 3.63) is 36.5 Å². The molecule has 1 rings (SSSR count). The topological polar surface area (TPSA) is 69.6 Å². The molecule has 0 bridgehead atoms. The van der Waals surface area contributed by atoms with Crippen molar-refractivity contribution in [1.82, 2.24) is 15.2 Å². The van der Waals surface area contributed by atoms with Crippen molar-refractivity contribution in [2.45, 2.75) is 33.1 Å². The Morgan fingerprint density at radius 1 is 1.44 bits per heavy atom. The van der Waals surface area contributed by atoms with Crippen LogP contribution < -0.4 is 10.6 Å². The molecule has 0 saturated carbocycles. The second-order valence-corrected chi connectivity index (χ2v) is 5.55. The Balaban J connectivity index is 0.00000576. The zero-order chi connectivity index (χ0) is 17.8. The molecule has 0 aliphatic rings. The van der Waals surface area contributed by atoms with Crippen LogP contribution in [-0.4, -0.2) is 48.4 Å². The van der Waals surface area contributed by atoms with E-state index in [2.05, 4.69) is 32.1 Å². The molecule has 1 amide bonds. The molecule has 25 heavy (non-hydrogen) atoms. The summed E-state index contributed by atoms with van der Waals surface area (Å²) < 4.78 is 0. The molecule has 1 aromatic rings. The van der Waals surface area contributed by atoms with E-state index >= 15 is 0 Å². The van der Waals surface area contributed by atoms with Crippen molar-refractivity contribution in [1.29, 1.82) is 0 Å². The van der Waals surface area contributed by atoms with Gasteiger partial charge in [0.05, 0.1) is 6.54 Å². The van der Waals surface area contributed by atoms with Crippen LogP contribution in [0.4, 0.5) is 5.82 Å². The summed E-state index contributed by atoms with van der Waals surface area (Å²) in [5.74, 6) is 1.32. The highest BCUT2D eigenvalue weighted by molar-refractivity contribution is 14.0. The number of hydrogen-bond donors (Lipinski definition) is 2. The predicted octanol–water partition coefficient (Wildman–Crippen LogP) is 3.20. The number of unbranched alkanes of at least 4 members (excludes halogenated alkanes) is 1. The van der Waals surface area contributed by atoms with Crippen LogP contribution in [0.15, 0.2) is 35.8 Å². The van der Waals surface area contributed by atoms with Gasteiger partial charge in [-0.05, 0) is 38.8 Å². The molecule has 0 spiro atoms. The number of nitrogens with zero attached hydrogens (tertiary/aromatic N) is 3. The number of aromatic nitrogens is 1. The summed E-state index contributed by atoms with van der Waals surface area (Å²) in [7, 11) is 2.00. The smallest absolute Gasteiger partial charge is 0.227 e. The van der Waals surface area contributed by atoms with Crippen LogP contribution in [0.5, 0.6) is 0 Å². The van der Waals surface area contributed by atoms with Crippen molar-refractivity contribution in [3.63, 3.8) is 0 Å². The lowest BCUT2D eigenvalue weighted by Gasteiger charge is -2.21. The molecular weight excluding hydrogens is 429 g/mol. The molecule has 0 aromatic carbocycles. The van der Waals surface area contributed by atoms with Gasteiger partial charge in [-0.3, -0.25) is 9.79 Å². The summed E-state index contributed by atoms with van der Waals surface area (Å²) in [6.07, 6.45) is 4.26. The van der Waals surface area contributed by atoms with Gasteiger partial charge in [-0.25, -0.2) is 4.98 Å². The van der Waals surface area contributed by atoms with Gasteiger partial charge in [-0.1, -0.05) is 12.1 Å². The largest absolute Gasteiger partial charge is 0.357 e. The van der Waals surface area contributed by atoms with Gasteiger partial charge >= 0.3 is 0 Å². The van der Waals surface area contributed by atoms with Gasteiger partial charge in [0.15, 0.2) is 5.96 Å². The van der Waals surface area contributed by atoms with E-state index in [1.54, 1.807) is 6.07 Å². The molecule has 140 valence electrons. The molecule has 1 heterocycles. The molecule has 6 nitrogen and oxygen atoms in total. The molecule has 0 radical (unpaired) electrons. The van der Waals surface area contributed by atoms with Gasteiger partial charge in [0, 0.05) is 32.3 Å². The molecule has 7 heteroatoms. The average Bonchev–Trinajstić information content (AvgIpc) is 2.54. The third-order valence-corrected chi connectivity index (χ3v) is 3.35. The van der Waals surface area contributed by atoms with Gasteiger partial charge in [0.25, 0.3) is 0 Å². The Hall–Kier alpha value is -1.64. The molecule has 0 aliphatic carbocycles. The van der Waals surface area contributed by atoms with Crippen molar-refractivity contribution < 1.29 is 4.79 Å². The van der Waals surface area contributed by atoms with E-state index in [4.69, 9.17) is 0 Å². The molecule has 0 aliphatic heterocycles. The predicted molar refractivity (Wildman–Crippen MR) is 116 cm³/mol. The van der Waals surface area contributed by atoms with Crippen molar-refractivity contribution in [2.24, 2.45) is 4.99 Å². The number of anilines is 1. The maximum atomic E-state index is 12.0. The van der Waals surface area contributed by atoms with Gasteiger partial charge in [0.2, 0.25) is 5.91 Å². The molecule has 0 saturated heterocycles. The summed E-state index contributed by atoms with van der Waals surface area (Å²) in [5, 5.41) is 6.04. The first-order valence-corrected chi connectivity index (χ1v) is 8.40. The minimum Gasteiger partial charge on any atom is -0.357 e. The second kappa shape index (κ2) is 13.6. The van der Waals surface area contributed by atoms with Crippen LogP contribution in [-0.2, 0) is 4.79 Å². The lowest BCUT2D eigenvalue weighted by atomic mass is 10.3. The average molecular weight is 459 g/mol. The number of hydrogen-bond acceptors (Lipinski definition) is 3. The number of aliphatic imine (C=N–C) groups is 1. The quantitative estimate of drug-likeness (QED) is 0.196. The van der Waals surface area contributed by atoms with Crippen molar-refractivity contribution >= 4 is 41.7 Å². The number of guanidine groups is 1. The van der Waals surface area contributed by atoms with E-state index in [1.807, 2.05) is 39.1 Å². The second-order valence-electron chi connectivity index (χ2n) is 5.55. The molecule has 0 fully saturated rings. The number of pyridine rings is 1. The van der Waals surface area contributed by atoms with Crippen LogP contribution in [0.1, 0.15) is 31.9 Å². The minimum atomic E-state index is -0.0815. The summed E-state index contributed by atoms with van der Waals surface area (Å²) >= 11 is 0. The third-order valence-electron chi connectivity index (χ3n) is 3.35. The van der Waals surface area contributed by atoms with Gasteiger partial charge in [0.1, 0.15) is 5.82 Å². The standard InChI is InChI=1S/C18H29N5O.HI/c1-5-7-8-14-23(4)18(19-6-2)20-13-12-17(24)22-16-11-9-10-15(3)21-16;/h5,9-11H,1,6-8,12-14H2,2-4H3,(H,19,20)(H,21,22,24);1H. The summed E-state index contributed by atoms with van der Waals surface area (Å²) in [4.78, 5) is 22.8. The normalized spacial score (nSPS) is 10.6. The Labute approximate surface area is 168 Å². The zero-order valence-corrected chi connectivity index (χ0v) is 17.7. The van der Waals surface area contributed by atoms with Gasteiger partial charge in [-0.2, -0.15) is 0 Å². The van der Waals surface area contributed by atoms with Gasteiger partial charge < -0.3 is 15.5 Å². The molecular formula is C18H30IN5O. The SMILES string of the molecule is C=CCCCN(C)C(=NCCC(=O)Nc1cccc(C)n1)NCC.I. The van der Waals surface area contributed by atoms with Gasteiger partial charge in [-0.15, -0.1) is 30.6 Å². The van der Waals surface area contributed by atoms with E-state index < -0.39 is 0 Å². The Bertz CT molecular complexity index is 562. The third kappa shape index (κ3) is 10.1. The highest BCUT2D eigenvalue weighted by atomic mass is 127. The van der Waals surface area contributed by atoms with Crippen LogP contribution in [0.2, 0.25) is 0 Å². The molecule has 1 aromatic heterocycles. The number of carbonyl (C=O) groups is 1. The lowest BCUT2D eigenvalue weighted by molar-refractivity contribution is -0.116. The fourth-order valence-electron chi connectivity index (χ4n) is 2.13. The number of allylic oxidation sites excluding steroid dienone is 1. The monoisotopic (exact) mass is 459 g/mol. The summed E-state index contributed by atoms with van der Waals surface area (Å²) in [6, 6.07) is 5.55. The minimum absolute atomic E-state index is 0. The first-order chi connectivity index (χ1) is 11.6. The maximum Gasteiger partial charge on any atom is 0.227 e. The molecule has 0 unspecified atom stereocenters. The number of carbonyl (C=O) groups excluding carboxylic acids is 1. The van der Waals surface area contributed by atoms with E-state index in [9.17, 15) is 4.79 Å². The van der Waals surface area contributed by atoms with E-state index in [0.717, 1.165) is 37.6 Å². The Kier molecular flexibility index (Phi) is 12.7. The van der Waals surface area contributed by atoms with Crippen molar-refractivity contribution in [2.75, 3.05) is 32.0 Å². The van der Waals surface area contributed by atoms with Crippen LogP contribution in [0, 0.1) is 6.92 Å². The number of aryl methyl sites for hydroxylation is 1. The van der Waals surface area contributed by atoms with Crippen LogP contribution in [0.3, 0.4) is 0 Å². The maximum absolute atomic E-state index is 12.0. The van der Waals surface area contributed by atoms with Crippen molar-refractivity contribution in [3.8, 4) is 0 Å². The van der Waals surface area contributed by atoms with E-state index in [0.29, 0.717) is 18.8 Å². The molecule has 2 N–H and O–H groups in total. The number of nitrogens with one attached hydrogen (secondary N) is 2. The highest BCUT2D eigenvalue weighted by Crippen LogP contribution is 2.04. The van der Waals surface area contributed by atoms with E-state index in [1.165, 1.54) is 0 Å². The zero-order valence-electron chi connectivity index (χ0n) is 15.4. The number of halogens is 1. The Morgan fingerprint density at radius 2 is 2.20 bits per heavy atom. The van der Waals surface area contributed by atoms with E-state index in [-0.39, 0.29) is 29.9 Å². The van der Waals surface area contributed by atoms with Crippen LogP contribution >= 0.6 is 24.0 Å². The fourth-order valence-corrected chi connectivity index (χ4v) is 2.13. The molecule has 0 atom stereocenters. The summed E-state index contributed by atoms with van der Waals surface area (Å²) in [6.45, 7) is 9.79. The summed E-state index contributed by atoms with van der Waals surface area (Å²) in [5.41, 5.74) is 0.876. The van der Waals surface area contributed by atoms with Crippen LogP contribution in [0.25, 0.3) is 0 Å². The highest BCUT2D eigenvalue weighted by Gasteiger charge is 2.06. The lowest BCUT2D eigenvalue weighted by Crippen LogP contribution is -2.39. The first kappa shape index (κ1) is 23.4. The fraction of sp³-hybridized carbons (Fsp3) is 0.500. The number of amides is 1. The number of rotatable bonds is 9. The first-order valence-electron chi connectivity index (χ1n) is 8.40.